The summed E-state index contributed by atoms with van der Waals surface area (Å²) in [5, 5.41) is 0. The fourth-order valence-electron chi connectivity index (χ4n) is 7.61. The molecule has 0 aliphatic heterocycles. The monoisotopic (exact) mass is 496 g/mol. The molecule has 2 unspecified atom stereocenters. The maximum Gasteiger partial charge on any atom is 0.0120 e. The first kappa shape index (κ1) is 27.9. The second-order valence-electron chi connectivity index (χ2n) is 12.3. The summed E-state index contributed by atoms with van der Waals surface area (Å²) in [5.41, 5.74) is 13.4. The third kappa shape index (κ3) is 5.41. The van der Waals surface area contributed by atoms with Gasteiger partial charge in [-0.25, -0.2) is 0 Å². The SMILES string of the molecule is CCCCC1=C(CCCC)C(C(C)(C)C2C(CCCC)=C(CCCC)c3ccccc32)c2ccccc21. The highest BCUT2D eigenvalue weighted by Crippen LogP contribution is 2.63. The molecule has 2 aromatic rings. The number of fused-ring (bicyclic) bond motifs is 2. The molecule has 0 heteroatoms. The number of hydrogen-bond donors (Lipinski definition) is 0. The van der Waals surface area contributed by atoms with Crippen LogP contribution >= 0.6 is 0 Å². The number of unbranched alkanes of at least 4 members (excludes halogenated alkanes) is 4. The van der Waals surface area contributed by atoms with E-state index in [1.807, 2.05) is 0 Å². The Morgan fingerprint density at radius 1 is 0.514 bits per heavy atom. The van der Waals surface area contributed by atoms with Crippen molar-refractivity contribution in [3.8, 4) is 0 Å². The van der Waals surface area contributed by atoms with Crippen molar-refractivity contribution in [1.29, 1.82) is 0 Å². The molecule has 0 radical (unpaired) electrons. The minimum Gasteiger partial charge on any atom is -0.0654 e. The van der Waals surface area contributed by atoms with E-state index in [1.54, 1.807) is 44.5 Å². The van der Waals surface area contributed by atoms with Crippen molar-refractivity contribution in [2.24, 2.45) is 5.41 Å². The van der Waals surface area contributed by atoms with Crippen molar-refractivity contribution in [3.05, 3.63) is 81.9 Å². The molecule has 2 aromatic carbocycles. The lowest BCUT2D eigenvalue weighted by atomic mass is 9.61. The molecule has 2 aliphatic rings. The number of benzene rings is 2. The Morgan fingerprint density at radius 3 is 1.24 bits per heavy atom. The Morgan fingerprint density at radius 2 is 0.865 bits per heavy atom. The summed E-state index contributed by atoms with van der Waals surface area (Å²) in [5.74, 6) is 1.00. The Balaban J connectivity index is 1.89. The summed E-state index contributed by atoms with van der Waals surface area (Å²) >= 11 is 0. The maximum absolute atomic E-state index is 2.62. The highest BCUT2D eigenvalue weighted by atomic mass is 14.5. The number of rotatable bonds is 14. The van der Waals surface area contributed by atoms with Crippen molar-refractivity contribution in [1.82, 2.24) is 0 Å². The normalized spacial score (nSPS) is 19.1. The summed E-state index contributed by atoms with van der Waals surface area (Å²) in [4.78, 5) is 0. The van der Waals surface area contributed by atoms with Crippen LogP contribution in [0.5, 0.6) is 0 Å². The third-order valence-electron chi connectivity index (χ3n) is 9.31. The van der Waals surface area contributed by atoms with Crippen molar-refractivity contribution >= 4 is 11.1 Å². The first-order valence-electron chi connectivity index (χ1n) is 15.6. The Bertz CT molecular complexity index is 1020. The van der Waals surface area contributed by atoms with E-state index in [1.165, 1.54) is 77.0 Å². The number of allylic oxidation sites excluding steroid dienone is 4. The van der Waals surface area contributed by atoms with E-state index >= 15 is 0 Å². The molecule has 2 atom stereocenters. The predicted octanol–water partition coefficient (Wildman–Crippen LogP) is 11.9. The zero-order chi connectivity index (χ0) is 26.4. The quantitative estimate of drug-likeness (QED) is 0.244. The van der Waals surface area contributed by atoms with Gasteiger partial charge >= 0.3 is 0 Å². The van der Waals surface area contributed by atoms with Crippen LogP contribution in [-0.4, -0.2) is 0 Å². The van der Waals surface area contributed by atoms with Crippen LogP contribution in [0.15, 0.2) is 59.7 Å². The number of hydrogen-bond acceptors (Lipinski definition) is 0. The van der Waals surface area contributed by atoms with Gasteiger partial charge in [0, 0.05) is 11.8 Å². The molecule has 0 heterocycles. The fraction of sp³-hybridized carbons (Fsp3) is 0.568. The summed E-state index contributed by atoms with van der Waals surface area (Å²) in [6.07, 6.45) is 15.2. The van der Waals surface area contributed by atoms with E-state index in [-0.39, 0.29) is 5.41 Å². The van der Waals surface area contributed by atoms with Crippen molar-refractivity contribution < 1.29 is 0 Å². The second kappa shape index (κ2) is 12.6. The zero-order valence-electron chi connectivity index (χ0n) is 24.8. The highest BCUT2D eigenvalue weighted by Gasteiger charge is 2.48. The van der Waals surface area contributed by atoms with Gasteiger partial charge in [0.1, 0.15) is 0 Å². The van der Waals surface area contributed by atoms with E-state index in [2.05, 4.69) is 90.1 Å². The summed E-state index contributed by atoms with van der Waals surface area (Å²) in [6.45, 7) is 14.6. The molecule has 0 saturated heterocycles. The van der Waals surface area contributed by atoms with Crippen LogP contribution in [0.2, 0.25) is 0 Å². The summed E-state index contributed by atoms with van der Waals surface area (Å²) in [7, 11) is 0. The molecule has 0 aromatic heterocycles. The molecular formula is C37H52. The average Bonchev–Trinajstić information content (AvgIpc) is 3.40. The molecule has 0 nitrogen and oxygen atoms in total. The second-order valence-corrected chi connectivity index (χ2v) is 12.3. The largest absolute Gasteiger partial charge is 0.0654 e. The van der Waals surface area contributed by atoms with Crippen LogP contribution in [0.3, 0.4) is 0 Å². The van der Waals surface area contributed by atoms with Crippen molar-refractivity contribution in [2.45, 2.75) is 130 Å². The van der Waals surface area contributed by atoms with Gasteiger partial charge in [-0.3, -0.25) is 0 Å². The summed E-state index contributed by atoms with van der Waals surface area (Å²) in [6, 6.07) is 19.0. The minimum atomic E-state index is 0.125. The van der Waals surface area contributed by atoms with Gasteiger partial charge in [-0.05, 0) is 90.2 Å². The molecule has 37 heavy (non-hydrogen) atoms. The lowest BCUT2D eigenvalue weighted by Crippen LogP contribution is -2.31. The maximum atomic E-state index is 2.62. The van der Waals surface area contributed by atoms with Gasteiger partial charge in [0.15, 0.2) is 0 Å². The molecule has 0 bridgehead atoms. The lowest BCUT2D eigenvalue weighted by Gasteiger charge is -2.42. The van der Waals surface area contributed by atoms with Gasteiger partial charge in [0.2, 0.25) is 0 Å². The Kier molecular flexibility index (Phi) is 9.55. The van der Waals surface area contributed by atoms with Gasteiger partial charge < -0.3 is 0 Å². The van der Waals surface area contributed by atoms with Gasteiger partial charge in [0.25, 0.3) is 0 Å². The molecule has 0 saturated carbocycles. The van der Waals surface area contributed by atoms with Crippen LogP contribution in [0.25, 0.3) is 11.1 Å². The van der Waals surface area contributed by atoms with Crippen LogP contribution < -0.4 is 0 Å². The average molecular weight is 497 g/mol. The fourth-order valence-corrected chi connectivity index (χ4v) is 7.61. The van der Waals surface area contributed by atoms with Crippen molar-refractivity contribution in [3.63, 3.8) is 0 Å². The van der Waals surface area contributed by atoms with Crippen LogP contribution in [0.1, 0.15) is 153 Å². The molecular weight excluding hydrogens is 444 g/mol. The molecule has 0 N–H and O–H groups in total. The van der Waals surface area contributed by atoms with E-state index in [0.717, 1.165) is 0 Å². The molecule has 2 aliphatic carbocycles. The lowest BCUT2D eigenvalue weighted by molar-refractivity contribution is 0.266. The molecule has 0 fully saturated rings. The van der Waals surface area contributed by atoms with Crippen LogP contribution in [0.4, 0.5) is 0 Å². The molecule has 4 rings (SSSR count). The van der Waals surface area contributed by atoms with Crippen molar-refractivity contribution in [2.75, 3.05) is 0 Å². The van der Waals surface area contributed by atoms with Gasteiger partial charge in [-0.1, -0.05) is 127 Å². The van der Waals surface area contributed by atoms with Crippen LogP contribution in [-0.2, 0) is 0 Å². The van der Waals surface area contributed by atoms with E-state index in [9.17, 15) is 0 Å². The smallest absolute Gasteiger partial charge is 0.0120 e. The highest BCUT2D eigenvalue weighted by molar-refractivity contribution is 5.81. The predicted molar refractivity (Wildman–Crippen MR) is 164 cm³/mol. The van der Waals surface area contributed by atoms with Crippen LogP contribution in [0, 0.1) is 5.41 Å². The third-order valence-corrected chi connectivity index (χ3v) is 9.31. The summed E-state index contributed by atoms with van der Waals surface area (Å²) < 4.78 is 0. The van der Waals surface area contributed by atoms with Gasteiger partial charge in [0.05, 0.1) is 0 Å². The molecule has 0 amide bonds. The van der Waals surface area contributed by atoms with E-state index in [0.29, 0.717) is 11.8 Å². The van der Waals surface area contributed by atoms with E-state index in [4.69, 9.17) is 0 Å². The minimum absolute atomic E-state index is 0.125. The Labute approximate surface area is 228 Å². The molecule has 0 spiro atoms. The van der Waals surface area contributed by atoms with E-state index < -0.39 is 0 Å². The van der Waals surface area contributed by atoms with Gasteiger partial charge in [-0.2, -0.15) is 0 Å². The Hall–Kier alpha value is -2.08. The zero-order valence-corrected chi connectivity index (χ0v) is 24.8. The topological polar surface area (TPSA) is 0 Å². The molecule has 200 valence electrons. The first-order valence-corrected chi connectivity index (χ1v) is 15.6. The standard InChI is InChI=1S/C37H52/c1-7-11-19-27-29-23-15-17-25-33(29)35(31(27)21-13-9-3)37(5,6)36-32(22-14-10-4)28(20-12-8-2)30-24-16-18-26-34(30)36/h15-18,23-26,35-36H,7-14,19-22H2,1-6H3. The van der Waals surface area contributed by atoms with Gasteiger partial charge in [-0.15, -0.1) is 0 Å². The first-order chi connectivity index (χ1) is 18.0.